The van der Waals surface area contributed by atoms with Gasteiger partial charge in [0, 0.05) is 11.4 Å². The summed E-state index contributed by atoms with van der Waals surface area (Å²) in [7, 11) is 0. The van der Waals surface area contributed by atoms with Crippen molar-refractivity contribution in [2.45, 2.75) is 13.8 Å². The zero-order valence-electron chi connectivity index (χ0n) is 13.0. The number of hydrogen-bond acceptors (Lipinski definition) is 2. The Morgan fingerprint density at radius 3 is 2.45 bits per heavy atom. The van der Waals surface area contributed by atoms with E-state index in [9.17, 15) is 4.79 Å². The lowest BCUT2D eigenvalue weighted by molar-refractivity contribution is -0.113. The van der Waals surface area contributed by atoms with Gasteiger partial charge in [-0.1, -0.05) is 48.6 Å². The van der Waals surface area contributed by atoms with Gasteiger partial charge >= 0.3 is 0 Å². The first-order valence-electron chi connectivity index (χ1n) is 7.31. The normalized spacial score (nSPS) is 10.8. The lowest BCUT2D eigenvalue weighted by Crippen LogP contribution is -2.14. The maximum Gasteiger partial charge on any atom is 0.234 e. The molecule has 0 radical (unpaired) electrons. The average molecular weight is 311 g/mol. The minimum Gasteiger partial charge on any atom is -0.325 e. The predicted molar refractivity (Wildman–Crippen MR) is 97.3 cm³/mol. The van der Waals surface area contributed by atoms with E-state index in [4.69, 9.17) is 0 Å². The fourth-order valence-electron chi connectivity index (χ4n) is 2.21. The third-order valence-electron chi connectivity index (χ3n) is 3.06. The first-order chi connectivity index (χ1) is 10.6. The molecule has 1 N–H and O–H groups in total. The fourth-order valence-corrected chi connectivity index (χ4v) is 2.82. The molecule has 0 saturated carbocycles. The Morgan fingerprint density at radius 2 is 1.77 bits per heavy atom. The second kappa shape index (κ2) is 8.44. The number of rotatable bonds is 6. The van der Waals surface area contributed by atoms with E-state index in [0.717, 1.165) is 22.6 Å². The second-order valence-corrected chi connectivity index (χ2v) is 6.28. The number of anilines is 1. The van der Waals surface area contributed by atoms with E-state index < -0.39 is 0 Å². The second-order valence-electron chi connectivity index (χ2n) is 5.25. The van der Waals surface area contributed by atoms with Crippen LogP contribution in [-0.2, 0) is 4.79 Å². The van der Waals surface area contributed by atoms with Crippen LogP contribution in [0.15, 0.2) is 54.6 Å². The van der Waals surface area contributed by atoms with Gasteiger partial charge in [0.2, 0.25) is 5.91 Å². The predicted octanol–water partition coefficient (Wildman–Crippen LogP) is 4.69. The van der Waals surface area contributed by atoms with Gasteiger partial charge < -0.3 is 5.32 Å². The summed E-state index contributed by atoms with van der Waals surface area (Å²) in [6.45, 7) is 4.07. The van der Waals surface area contributed by atoms with Crippen LogP contribution < -0.4 is 5.32 Å². The summed E-state index contributed by atoms with van der Waals surface area (Å²) < 4.78 is 0. The van der Waals surface area contributed by atoms with Crippen LogP contribution in [0.3, 0.4) is 0 Å². The van der Waals surface area contributed by atoms with Gasteiger partial charge in [0.1, 0.15) is 0 Å². The molecule has 0 aliphatic rings. The van der Waals surface area contributed by atoms with Crippen molar-refractivity contribution < 1.29 is 4.79 Å². The summed E-state index contributed by atoms with van der Waals surface area (Å²) in [5.74, 6) is 1.34. The minimum atomic E-state index is 0.0445. The number of nitrogens with one attached hydrogen (secondary N) is 1. The summed E-state index contributed by atoms with van der Waals surface area (Å²) in [6.07, 6.45) is 4.17. The van der Waals surface area contributed by atoms with E-state index in [1.807, 2.05) is 44.2 Å². The van der Waals surface area contributed by atoms with Crippen LogP contribution in [0.1, 0.15) is 16.7 Å². The Bertz CT molecular complexity index is 629. The van der Waals surface area contributed by atoms with Gasteiger partial charge in [-0.15, -0.1) is 11.8 Å². The molecular formula is C19H21NOS. The topological polar surface area (TPSA) is 29.1 Å². The molecule has 0 unspecified atom stereocenters. The van der Waals surface area contributed by atoms with Crippen molar-refractivity contribution in [3.63, 3.8) is 0 Å². The van der Waals surface area contributed by atoms with Crippen molar-refractivity contribution in [2.75, 3.05) is 16.8 Å². The van der Waals surface area contributed by atoms with E-state index in [1.54, 1.807) is 11.8 Å². The van der Waals surface area contributed by atoms with E-state index in [1.165, 1.54) is 5.56 Å². The van der Waals surface area contributed by atoms with Crippen LogP contribution in [0.2, 0.25) is 0 Å². The average Bonchev–Trinajstić information content (AvgIpc) is 2.47. The molecule has 3 heteroatoms. The Morgan fingerprint density at radius 1 is 1.09 bits per heavy atom. The Kier molecular flexibility index (Phi) is 6.28. The SMILES string of the molecule is Cc1cc(C)cc(NC(=O)CSC/C=C/c2ccccc2)c1. The quantitative estimate of drug-likeness (QED) is 0.784. The minimum absolute atomic E-state index is 0.0445. The van der Waals surface area contributed by atoms with Crippen LogP contribution in [0, 0.1) is 13.8 Å². The number of thioether (sulfide) groups is 1. The summed E-state index contributed by atoms with van der Waals surface area (Å²) >= 11 is 1.61. The number of carbonyl (C=O) groups excluding carboxylic acids is 1. The summed E-state index contributed by atoms with van der Waals surface area (Å²) in [6, 6.07) is 16.2. The van der Waals surface area contributed by atoms with E-state index in [2.05, 4.69) is 35.7 Å². The molecule has 2 aromatic rings. The molecule has 0 bridgehead atoms. The summed E-state index contributed by atoms with van der Waals surface area (Å²) in [5.41, 5.74) is 4.38. The van der Waals surface area contributed by atoms with Crippen LogP contribution in [-0.4, -0.2) is 17.4 Å². The van der Waals surface area contributed by atoms with E-state index >= 15 is 0 Å². The largest absolute Gasteiger partial charge is 0.325 e. The Labute approximate surface area is 136 Å². The van der Waals surface area contributed by atoms with Crippen molar-refractivity contribution in [2.24, 2.45) is 0 Å². The van der Waals surface area contributed by atoms with Gasteiger partial charge in [0.15, 0.2) is 0 Å². The van der Waals surface area contributed by atoms with Crippen LogP contribution in [0.4, 0.5) is 5.69 Å². The van der Waals surface area contributed by atoms with Gasteiger partial charge in [-0.25, -0.2) is 0 Å². The van der Waals surface area contributed by atoms with Crippen LogP contribution in [0.5, 0.6) is 0 Å². The zero-order chi connectivity index (χ0) is 15.8. The van der Waals surface area contributed by atoms with Crippen LogP contribution >= 0.6 is 11.8 Å². The smallest absolute Gasteiger partial charge is 0.234 e. The number of benzene rings is 2. The third-order valence-corrected chi connectivity index (χ3v) is 3.96. The van der Waals surface area contributed by atoms with Crippen molar-refractivity contribution in [3.05, 3.63) is 71.3 Å². The van der Waals surface area contributed by atoms with Gasteiger partial charge in [-0.05, 0) is 42.7 Å². The van der Waals surface area contributed by atoms with Crippen molar-refractivity contribution in [1.82, 2.24) is 0 Å². The number of carbonyl (C=O) groups is 1. The molecule has 0 spiro atoms. The molecule has 0 heterocycles. The van der Waals surface area contributed by atoms with Gasteiger partial charge in [-0.2, -0.15) is 0 Å². The molecule has 2 rings (SSSR count). The molecule has 0 atom stereocenters. The number of amides is 1. The highest BCUT2D eigenvalue weighted by Crippen LogP contribution is 2.14. The molecule has 0 saturated heterocycles. The molecule has 114 valence electrons. The molecule has 0 aliphatic carbocycles. The third kappa shape index (κ3) is 5.78. The number of hydrogen-bond donors (Lipinski definition) is 1. The van der Waals surface area contributed by atoms with Crippen molar-refractivity contribution in [1.29, 1.82) is 0 Å². The highest BCUT2D eigenvalue weighted by atomic mass is 32.2. The molecule has 0 aromatic heterocycles. The van der Waals surface area contributed by atoms with Crippen LogP contribution in [0.25, 0.3) is 6.08 Å². The molecule has 22 heavy (non-hydrogen) atoms. The molecular weight excluding hydrogens is 290 g/mol. The highest BCUT2D eigenvalue weighted by Gasteiger charge is 2.02. The number of aryl methyl sites for hydroxylation is 2. The van der Waals surface area contributed by atoms with Gasteiger partial charge in [-0.3, -0.25) is 4.79 Å². The van der Waals surface area contributed by atoms with Crippen molar-refractivity contribution in [3.8, 4) is 0 Å². The summed E-state index contributed by atoms with van der Waals surface area (Å²) in [4.78, 5) is 11.9. The molecule has 0 aliphatic heterocycles. The molecule has 2 aromatic carbocycles. The first-order valence-corrected chi connectivity index (χ1v) is 8.46. The van der Waals surface area contributed by atoms with Gasteiger partial charge in [0.25, 0.3) is 0 Å². The van der Waals surface area contributed by atoms with E-state index in [-0.39, 0.29) is 5.91 Å². The lowest BCUT2D eigenvalue weighted by Gasteiger charge is -2.07. The molecule has 0 fully saturated rings. The Hall–Kier alpha value is -2.00. The first kappa shape index (κ1) is 16.4. The van der Waals surface area contributed by atoms with E-state index in [0.29, 0.717) is 5.75 Å². The maximum absolute atomic E-state index is 11.9. The fraction of sp³-hybridized carbons (Fsp3) is 0.211. The molecule has 2 nitrogen and oxygen atoms in total. The highest BCUT2D eigenvalue weighted by molar-refractivity contribution is 8.00. The lowest BCUT2D eigenvalue weighted by atomic mass is 10.1. The summed E-state index contributed by atoms with van der Waals surface area (Å²) in [5, 5.41) is 2.95. The van der Waals surface area contributed by atoms with Gasteiger partial charge in [0.05, 0.1) is 5.75 Å². The molecule has 1 amide bonds. The monoisotopic (exact) mass is 311 g/mol. The standard InChI is InChI=1S/C19H21NOS/c1-15-11-16(2)13-18(12-15)20-19(21)14-22-10-6-9-17-7-4-3-5-8-17/h3-9,11-13H,10,14H2,1-2H3,(H,20,21)/b9-6+. The maximum atomic E-state index is 11.9. The zero-order valence-corrected chi connectivity index (χ0v) is 13.8. The van der Waals surface area contributed by atoms with Crippen molar-refractivity contribution >= 4 is 29.4 Å². The Balaban J connectivity index is 1.73.